The number of benzene rings is 1. The highest BCUT2D eigenvalue weighted by Crippen LogP contribution is 2.12. The van der Waals surface area contributed by atoms with E-state index in [-0.39, 0.29) is 6.61 Å². The lowest BCUT2D eigenvalue weighted by atomic mass is 10.3. The zero-order valence-corrected chi connectivity index (χ0v) is 9.43. The third-order valence-electron chi connectivity index (χ3n) is 1.85. The van der Waals surface area contributed by atoms with Crippen molar-refractivity contribution in [3.05, 3.63) is 24.3 Å². The fourth-order valence-electron chi connectivity index (χ4n) is 1.09. The van der Waals surface area contributed by atoms with Crippen LogP contribution in [0.4, 0.5) is 10.5 Å². The number of hydrogen-bond donors (Lipinski definition) is 2. The third-order valence-corrected chi connectivity index (χ3v) is 1.85. The van der Waals surface area contributed by atoms with Crippen molar-refractivity contribution in [3.8, 4) is 5.75 Å². The fourth-order valence-corrected chi connectivity index (χ4v) is 1.09. The Hall–Kier alpha value is -1.95. The average molecular weight is 240 g/mol. The third kappa shape index (κ3) is 6.26. The van der Waals surface area contributed by atoms with Gasteiger partial charge < -0.3 is 25.7 Å². The predicted octanol–water partition coefficient (Wildman–Crippen LogP) is 0.759. The molecule has 0 saturated heterocycles. The van der Waals surface area contributed by atoms with E-state index in [2.05, 4.69) is 4.74 Å². The molecule has 1 aromatic carbocycles. The molecule has 6 nitrogen and oxygen atoms in total. The minimum Gasteiger partial charge on any atom is -0.491 e. The molecule has 0 fully saturated rings. The first-order valence-corrected chi connectivity index (χ1v) is 5.17. The summed E-state index contributed by atoms with van der Waals surface area (Å²) in [4.78, 5) is 10.2. The van der Waals surface area contributed by atoms with Crippen LogP contribution in [-0.4, -0.2) is 32.5 Å². The molecule has 0 aliphatic carbocycles. The van der Waals surface area contributed by atoms with Gasteiger partial charge in [-0.2, -0.15) is 0 Å². The molecule has 0 heterocycles. The summed E-state index contributed by atoms with van der Waals surface area (Å²) in [6.45, 7) is 1.28. The quantitative estimate of drug-likeness (QED) is 0.541. The van der Waals surface area contributed by atoms with E-state index < -0.39 is 6.09 Å². The monoisotopic (exact) mass is 240 g/mol. The Morgan fingerprint density at radius 3 is 2.35 bits per heavy atom. The fraction of sp³-hybridized carbons (Fsp3) is 0.364. The summed E-state index contributed by atoms with van der Waals surface area (Å²) in [5.41, 5.74) is 11.0. The molecule has 0 aliphatic rings. The van der Waals surface area contributed by atoms with Gasteiger partial charge in [0.05, 0.1) is 13.2 Å². The molecule has 1 rings (SSSR count). The number of nitrogens with two attached hydrogens (primary N) is 2. The summed E-state index contributed by atoms with van der Waals surface area (Å²) in [5, 5.41) is 0. The van der Waals surface area contributed by atoms with E-state index in [1.54, 1.807) is 24.3 Å². The van der Waals surface area contributed by atoms with E-state index in [9.17, 15) is 4.79 Å². The number of rotatable bonds is 7. The van der Waals surface area contributed by atoms with Gasteiger partial charge in [-0.15, -0.1) is 0 Å². The van der Waals surface area contributed by atoms with Crippen LogP contribution in [0.5, 0.6) is 5.75 Å². The van der Waals surface area contributed by atoms with E-state index >= 15 is 0 Å². The predicted molar refractivity (Wildman–Crippen MR) is 62.7 cm³/mol. The van der Waals surface area contributed by atoms with E-state index in [1.807, 2.05) is 0 Å². The van der Waals surface area contributed by atoms with E-state index in [4.69, 9.17) is 20.9 Å². The molecule has 6 heteroatoms. The summed E-state index contributed by atoms with van der Waals surface area (Å²) >= 11 is 0. The van der Waals surface area contributed by atoms with Gasteiger partial charge in [0.25, 0.3) is 0 Å². The molecule has 94 valence electrons. The lowest BCUT2D eigenvalue weighted by molar-refractivity contribution is 0.0605. The lowest BCUT2D eigenvalue weighted by Gasteiger charge is -2.07. The number of hydrogen-bond acceptors (Lipinski definition) is 5. The molecule has 1 amide bonds. The zero-order valence-electron chi connectivity index (χ0n) is 9.43. The molecule has 1 aromatic rings. The number of primary amides is 1. The average Bonchev–Trinajstić information content (AvgIpc) is 2.30. The number of carbonyl (C=O) groups excluding carboxylic acids is 1. The Morgan fingerprint density at radius 2 is 1.71 bits per heavy atom. The Balaban J connectivity index is 2.01. The van der Waals surface area contributed by atoms with Crippen LogP contribution in [0.25, 0.3) is 0 Å². The maximum atomic E-state index is 10.2. The van der Waals surface area contributed by atoms with Gasteiger partial charge in [0, 0.05) is 5.69 Å². The molecule has 0 bridgehead atoms. The number of amides is 1. The van der Waals surface area contributed by atoms with Gasteiger partial charge in [-0.3, -0.25) is 0 Å². The van der Waals surface area contributed by atoms with E-state index in [0.717, 1.165) is 5.75 Å². The van der Waals surface area contributed by atoms with Crippen LogP contribution in [0, 0.1) is 0 Å². The largest absolute Gasteiger partial charge is 0.491 e. The van der Waals surface area contributed by atoms with E-state index in [1.165, 1.54) is 0 Å². The highest BCUT2D eigenvalue weighted by atomic mass is 16.6. The summed E-state index contributed by atoms with van der Waals surface area (Å²) in [7, 11) is 0. The van der Waals surface area contributed by atoms with Crippen molar-refractivity contribution in [1.29, 1.82) is 0 Å². The summed E-state index contributed by atoms with van der Waals surface area (Å²) in [5.74, 6) is 0.733. The molecule has 0 atom stereocenters. The second kappa shape index (κ2) is 7.34. The lowest BCUT2D eigenvalue weighted by Crippen LogP contribution is -2.17. The van der Waals surface area contributed by atoms with Crippen LogP contribution in [0.3, 0.4) is 0 Å². The molecule has 0 aliphatic heterocycles. The van der Waals surface area contributed by atoms with E-state index in [0.29, 0.717) is 25.5 Å². The van der Waals surface area contributed by atoms with Crippen LogP contribution < -0.4 is 16.2 Å². The van der Waals surface area contributed by atoms with Gasteiger partial charge in [0.2, 0.25) is 0 Å². The molecule has 0 unspecified atom stereocenters. The topological polar surface area (TPSA) is 96.8 Å². The number of nitrogen functional groups attached to an aromatic ring is 1. The molecule has 0 saturated carbocycles. The van der Waals surface area contributed by atoms with Crippen molar-refractivity contribution in [2.75, 3.05) is 32.2 Å². The van der Waals surface area contributed by atoms with Gasteiger partial charge >= 0.3 is 6.09 Å². The molecular formula is C11H16N2O4. The molecule has 0 aromatic heterocycles. The molecule has 17 heavy (non-hydrogen) atoms. The Bertz CT molecular complexity index is 340. The highest BCUT2D eigenvalue weighted by Gasteiger charge is 1.95. The summed E-state index contributed by atoms with van der Waals surface area (Å²) in [6, 6.07) is 7.09. The second-order valence-corrected chi connectivity index (χ2v) is 3.20. The molecular weight excluding hydrogens is 224 g/mol. The number of carbonyl (C=O) groups is 1. The maximum absolute atomic E-state index is 10.2. The minimum atomic E-state index is -0.799. The van der Waals surface area contributed by atoms with Gasteiger partial charge in [0.1, 0.15) is 19.0 Å². The van der Waals surface area contributed by atoms with Crippen molar-refractivity contribution in [2.24, 2.45) is 5.73 Å². The molecule has 0 radical (unpaired) electrons. The minimum absolute atomic E-state index is 0.150. The highest BCUT2D eigenvalue weighted by molar-refractivity contribution is 5.64. The van der Waals surface area contributed by atoms with Crippen LogP contribution in [0.1, 0.15) is 0 Å². The normalized spacial score (nSPS) is 9.88. The first-order valence-electron chi connectivity index (χ1n) is 5.17. The zero-order chi connectivity index (χ0) is 12.5. The number of anilines is 1. The van der Waals surface area contributed by atoms with Gasteiger partial charge in [0.15, 0.2) is 0 Å². The molecule has 0 spiro atoms. The van der Waals surface area contributed by atoms with Gasteiger partial charge in [-0.05, 0) is 24.3 Å². The molecule has 4 N–H and O–H groups in total. The van der Waals surface area contributed by atoms with Gasteiger partial charge in [-0.1, -0.05) is 0 Å². The Labute approximate surface area is 99.4 Å². The van der Waals surface area contributed by atoms with Crippen molar-refractivity contribution in [1.82, 2.24) is 0 Å². The summed E-state index contributed by atoms with van der Waals surface area (Å²) < 4.78 is 15.0. The summed E-state index contributed by atoms with van der Waals surface area (Å²) in [6.07, 6.45) is -0.799. The standard InChI is InChI=1S/C11H16N2O4/c12-9-1-3-10(4-2-9)16-7-5-15-6-8-17-11(13)14/h1-4H,5-8,12H2,(H2,13,14). The van der Waals surface area contributed by atoms with Crippen molar-refractivity contribution in [2.45, 2.75) is 0 Å². The van der Waals surface area contributed by atoms with Crippen LogP contribution >= 0.6 is 0 Å². The maximum Gasteiger partial charge on any atom is 0.404 e. The second-order valence-electron chi connectivity index (χ2n) is 3.20. The first kappa shape index (κ1) is 13.1. The Morgan fingerprint density at radius 1 is 1.06 bits per heavy atom. The Kier molecular flexibility index (Phi) is 5.67. The van der Waals surface area contributed by atoms with Gasteiger partial charge in [-0.25, -0.2) is 4.79 Å². The van der Waals surface area contributed by atoms with Crippen LogP contribution in [0.2, 0.25) is 0 Å². The van der Waals surface area contributed by atoms with Crippen molar-refractivity contribution in [3.63, 3.8) is 0 Å². The van der Waals surface area contributed by atoms with Crippen molar-refractivity contribution >= 4 is 11.8 Å². The van der Waals surface area contributed by atoms with Crippen LogP contribution in [0.15, 0.2) is 24.3 Å². The SMILES string of the molecule is NC(=O)OCCOCCOc1ccc(N)cc1. The smallest absolute Gasteiger partial charge is 0.404 e. The van der Waals surface area contributed by atoms with Crippen molar-refractivity contribution < 1.29 is 19.0 Å². The number of ether oxygens (including phenoxy) is 3. The van der Waals surface area contributed by atoms with Crippen LogP contribution in [-0.2, 0) is 9.47 Å². The first-order chi connectivity index (χ1) is 8.18.